The third-order valence-electron chi connectivity index (χ3n) is 2.78. The van der Waals surface area contributed by atoms with E-state index in [9.17, 15) is 0 Å². The van der Waals surface area contributed by atoms with Crippen LogP contribution in [0.5, 0.6) is 0 Å². The fourth-order valence-electron chi connectivity index (χ4n) is 1.98. The highest BCUT2D eigenvalue weighted by atomic mass is 16.5. The first-order chi connectivity index (χ1) is 8.79. The number of methoxy groups -OCH3 is 1. The Morgan fingerprint density at radius 2 is 2.17 bits per heavy atom. The topological polar surface area (TPSA) is 68.6 Å². The zero-order valence-electron chi connectivity index (χ0n) is 10.2. The number of aromatic nitrogens is 5. The molecule has 18 heavy (non-hydrogen) atoms. The van der Waals surface area contributed by atoms with Crippen molar-refractivity contribution >= 4 is 10.9 Å². The number of aryl methyl sites for hydroxylation is 1. The predicted molar refractivity (Wildman–Crippen MR) is 66.8 cm³/mol. The second kappa shape index (κ2) is 4.23. The van der Waals surface area contributed by atoms with E-state index in [-0.39, 0.29) is 0 Å². The van der Waals surface area contributed by atoms with Crippen molar-refractivity contribution in [1.29, 1.82) is 0 Å². The lowest BCUT2D eigenvalue weighted by Crippen LogP contribution is -1.91. The van der Waals surface area contributed by atoms with Crippen molar-refractivity contribution < 1.29 is 4.74 Å². The number of rotatable bonds is 3. The number of aromatic amines is 1. The molecule has 1 N–H and O–H groups in total. The maximum atomic E-state index is 5.01. The van der Waals surface area contributed by atoms with Crippen LogP contribution in [0.25, 0.3) is 22.4 Å². The molecule has 0 spiro atoms. The van der Waals surface area contributed by atoms with Crippen molar-refractivity contribution in [2.24, 2.45) is 7.05 Å². The summed E-state index contributed by atoms with van der Waals surface area (Å²) in [6.45, 7) is 0.414. The molecule has 0 aliphatic heterocycles. The smallest absolute Gasteiger partial charge is 0.202 e. The molecule has 0 bridgehead atoms. The molecule has 0 unspecified atom stereocenters. The number of nitrogens with zero attached hydrogens (tertiary/aromatic N) is 4. The number of H-pyrrole nitrogens is 1. The first-order valence-corrected chi connectivity index (χ1v) is 5.62. The maximum Gasteiger partial charge on any atom is 0.202 e. The van der Waals surface area contributed by atoms with Gasteiger partial charge >= 0.3 is 0 Å². The number of benzene rings is 1. The van der Waals surface area contributed by atoms with Crippen molar-refractivity contribution in [3.8, 4) is 11.5 Å². The van der Waals surface area contributed by atoms with E-state index in [0.717, 1.165) is 16.6 Å². The average Bonchev–Trinajstić information content (AvgIpc) is 2.96. The van der Waals surface area contributed by atoms with Crippen LogP contribution in [0.2, 0.25) is 0 Å². The molecule has 0 aliphatic rings. The number of ether oxygens (including phenoxy) is 1. The molecule has 6 nitrogen and oxygen atoms in total. The normalized spacial score (nSPS) is 11.2. The Morgan fingerprint density at radius 1 is 1.33 bits per heavy atom. The van der Waals surface area contributed by atoms with Gasteiger partial charge in [-0.3, -0.25) is 9.78 Å². The summed E-state index contributed by atoms with van der Waals surface area (Å²) in [6, 6.07) is 8.01. The molecule has 0 amide bonds. The van der Waals surface area contributed by atoms with Gasteiger partial charge in [0.15, 0.2) is 5.82 Å². The van der Waals surface area contributed by atoms with Crippen molar-refractivity contribution in [2.75, 3.05) is 7.11 Å². The third kappa shape index (κ3) is 1.67. The van der Waals surface area contributed by atoms with Gasteiger partial charge in [-0.2, -0.15) is 10.2 Å². The molecule has 0 saturated carbocycles. The fourth-order valence-corrected chi connectivity index (χ4v) is 1.98. The van der Waals surface area contributed by atoms with E-state index in [4.69, 9.17) is 4.74 Å². The Balaban J connectivity index is 2.13. The van der Waals surface area contributed by atoms with Crippen LogP contribution in [0.4, 0.5) is 0 Å². The molecule has 0 fully saturated rings. The Bertz CT molecular complexity index is 685. The quantitative estimate of drug-likeness (QED) is 0.757. The van der Waals surface area contributed by atoms with Crippen LogP contribution in [0.15, 0.2) is 24.3 Å². The SMILES string of the molecule is COCc1nc(-c2nn(C)c3ccccc23)n[nH]1. The Morgan fingerprint density at radius 3 is 3.00 bits per heavy atom. The summed E-state index contributed by atoms with van der Waals surface area (Å²) in [5.41, 5.74) is 1.84. The van der Waals surface area contributed by atoms with Crippen LogP contribution in [-0.4, -0.2) is 32.1 Å². The van der Waals surface area contributed by atoms with Gasteiger partial charge in [0.05, 0.1) is 5.52 Å². The Labute approximate surface area is 104 Å². The molecule has 0 radical (unpaired) electrons. The van der Waals surface area contributed by atoms with Gasteiger partial charge in [-0.25, -0.2) is 4.98 Å². The molecule has 3 rings (SSSR count). The third-order valence-corrected chi connectivity index (χ3v) is 2.78. The molecular weight excluding hydrogens is 230 g/mol. The largest absolute Gasteiger partial charge is 0.377 e. The summed E-state index contributed by atoms with van der Waals surface area (Å²) in [7, 11) is 3.53. The van der Waals surface area contributed by atoms with Gasteiger partial charge < -0.3 is 4.74 Å². The number of nitrogens with one attached hydrogen (secondary N) is 1. The average molecular weight is 243 g/mol. The molecule has 92 valence electrons. The summed E-state index contributed by atoms with van der Waals surface area (Å²) in [5.74, 6) is 1.29. The molecule has 6 heteroatoms. The highest BCUT2D eigenvalue weighted by Gasteiger charge is 2.14. The van der Waals surface area contributed by atoms with E-state index in [1.165, 1.54) is 0 Å². The van der Waals surface area contributed by atoms with E-state index in [2.05, 4.69) is 20.3 Å². The minimum Gasteiger partial charge on any atom is -0.377 e. The van der Waals surface area contributed by atoms with E-state index < -0.39 is 0 Å². The molecule has 0 aliphatic carbocycles. The fraction of sp³-hybridized carbons (Fsp3) is 0.250. The summed E-state index contributed by atoms with van der Waals surface area (Å²) in [4.78, 5) is 4.37. The lowest BCUT2D eigenvalue weighted by Gasteiger charge is -1.91. The molecule has 2 aromatic heterocycles. The summed E-state index contributed by atoms with van der Waals surface area (Å²) in [5, 5.41) is 12.5. The first kappa shape index (κ1) is 10.9. The van der Waals surface area contributed by atoms with E-state index in [1.54, 1.807) is 7.11 Å². The standard InChI is InChI=1S/C12H13N5O/c1-17-9-6-4-3-5-8(9)11(16-17)12-13-10(7-18-2)14-15-12/h3-6H,7H2,1-2H3,(H,13,14,15). The molecule has 2 heterocycles. The minimum atomic E-state index is 0.414. The van der Waals surface area contributed by atoms with E-state index >= 15 is 0 Å². The van der Waals surface area contributed by atoms with Gasteiger partial charge in [0.1, 0.15) is 12.3 Å². The van der Waals surface area contributed by atoms with Crippen molar-refractivity contribution in [3.05, 3.63) is 30.1 Å². The van der Waals surface area contributed by atoms with E-state index in [0.29, 0.717) is 18.3 Å². The van der Waals surface area contributed by atoms with Crippen molar-refractivity contribution in [3.63, 3.8) is 0 Å². The zero-order chi connectivity index (χ0) is 12.5. The van der Waals surface area contributed by atoms with Crippen molar-refractivity contribution in [1.82, 2.24) is 25.0 Å². The van der Waals surface area contributed by atoms with Gasteiger partial charge in [0, 0.05) is 19.5 Å². The monoisotopic (exact) mass is 243 g/mol. The predicted octanol–water partition coefficient (Wildman–Crippen LogP) is 1.50. The van der Waals surface area contributed by atoms with Crippen LogP contribution in [0.1, 0.15) is 5.82 Å². The van der Waals surface area contributed by atoms with Gasteiger partial charge in [-0.1, -0.05) is 18.2 Å². The molecule has 1 aromatic carbocycles. The van der Waals surface area contributed by atoms with Gasteiger partial charge in [0.25, 0.3) is 0 Å². The number of para-hydroxylation sites is 1. The van der Waals surface area contributed by atoms with E-state index in [1.807, 2.05) is 36.0 Å². The van der Waals surface area contributed by atoms with Crippen molar-refractivity contribution in [2.45, 2.75) is 6.61 Å². The van der Waals surface area contributed by atoms with Gasteiger partial charge in [0.2, 0.25) is 5.82 Å². The summed E-state index contributed by atoms with van der Waals surface area (Å²) >= 11 is 0. The maximum absolute atomic E-state index is 5.01. The van der Waals surface area contributed by atoms with Crippen LogP contribution >= 0.6 is 0 Å². The lowest BCUT2D eigenvalue weighted by atomic mass is 10.2. The highest BCUT2D eigenvalue weighted by Crippen LogP contribution is 2.24. The number of fused-ring (bicyclic) bond motifs is 1. The van der Waals surface area contributed by atoms with Crippen LogP contribution in [0, 0.1) is 0 Å². The van der Waals surface area contributed by atoms with Crippen LogP contribution < -0.4 is 0 Å². The lowest BCUT2D eigenvalue weighted by molar-refractivity contribution is 0.178. The highest BCUT2D eigenvalue weighted by molar-refractivity contribution is 5.91. The van der Waals surface area contributed by atoms with Gasteiger partial charge in [-0.15, -0.1) is 0 Å². The summed E-state index contributed by atoms with van der Waals surface area (Å²) < 4.78 is 6.84. The summed E-state index contributed by atoms with van der Waals surface area (Å²) in [6.07, 6.45) is 0. The Kier molecular flexibility index (Phi) is 2.56. The second-order valence-corrected chi connectivity index (χ2v) is 4.03. The second-order valence-electron chi connectivity index (χ2n) is 4.03. The molecule has 0 saturated heterocycles. The zero-order valence-corrected chi connectivity index (χ0v) is 10.2. The molecule has 0 atom stereocenters. The first-order valence-electron chi connectivity index (χ1n) is 5.62. The number of hydrogen-bond acceptors (Lipinski definition) is 4. The van der Waals surface area contributed by atoms with Crippen LogP contribution in [0.3, 0.4) is 0 Å². The van der Waals surface area contributed by atoms with Gasteiger partial charge in [-0.05, 0) is 6.07 Å². The molecule has 3 aromatic rings. The minimum absolute atomic E-state index is 0.414. The van der Waals surface area contributed by atoms with Crippen LogP contribution in [-0.2, 0) is 18.4 Å². The number of hydrogen-bond donors (Lipinski definition) is 1. The Hall–Kier alpha value is -2.21. The molecular formula is C12H13N5O.